The molecule has 0 saturated carbocycles. The van der Waals surface area contributed by atoms with E-state index in [9.17, 15) is 9.59 Å². The van der Waals surface area contributed by atoms with Crippen LogP contribution in [0.1, 0.15) is 37.5 Å². The van der Waals surface area contributed by atoms with Crippen LogP contribution in [0.25, 0.3) is 0 Å². The van der Waals surface area contributed by atoms with Crippen LogP contribution in [0.5, 0.6) is 0 Å². The first-order valence-electron chi connectivity index (χ1n) is 10.9. The molecular formula is C25H34N4O2. The van der Waals surface area contributed by atoms with Crippen molar-refractivity contribution in [3.8, 4) is 0 Å². The van der Waals surface area contributed by atoms with Crippen molar-refractivity contribution in [2.24, 2.45) is 5.92 Å². The fourth-order valence-electron chi connectivity index (χ4n) is 3.77. The van der Waals surface area contributed by atoms with Crippen molar-refractivity contribution < 1.29 is 9.59 Å². The summed E-state index contributed by atoms with van der Waals surface area (Å²) in [4.78, 5) is 28.8. The van der Waals surface area contributed by atoms with Crippen LogP contribution in [0.4, 0.5) is 11.4 Å². The molecule has 2 aromatic carbocycles. The molecule has 2 N–H and O–H groups in total. The Kier molecular flexibility index (Phi) is 7.33. The van der Waals surface area contributed by atoms with Gasteiger partial charge in [-0.1, -0.05) is 43.7 Å². The molecule has 6 nitrogen and oxygen atoms in total. The molecule has 3 rings (SSSR count). The SMILES string of the molecule is Cc1ccc(NC(=O)CN(C)C(=O)CNc2cccc3c2CN(C(C)C(C)C)C3)cc1. The normalized spacial score (nSPS) is 14.3. The van der Waals surface area contributed by atoms with Gasteiger partial charge in [-0.05, 0) is 49.1 Å². The number of hydrogen-bond acceptors (Lipinski definition) is 4. The molecule has 0 bridgehead atoms. The average Bonchev–Trinajstić information content (AvgIpc) is 3.17. The molecule has 6 heteroatoms. The number of nitrogens with zero attached hydrogens (tertiary/aromatic N) is 2. The Labute approximate surface area is 185 Å². The second kappa shape index (κ2) is 9.96. The number of carbonyl (C=O) groups is 2. The number of fused-ring (bicyclic) bond motifs is 1. The van der Waals surface area contributed by atoms with Crippen molar-refractivity contribution in [3.05, 3.63) is 59.2 Å². The molecule has 0 fully saturated rings. The van der Waals surface area contributed by atoms with E-state index in [0.29, 0.717) is 12.0 Å². The van der Waals surface area contributed by atoms with Gasteiger partial charge in [-0.15, -0.1) is 0 Å². The lowest BCUT2D eigenvalue weighted by molar-refractivity contribution is -0.131. The molecule has 2 aromatic rings. The Morgan fingerprint density at radius 1 is 1.06 bits per heavy atom. The summed E-state index contributed by atoms with van der Waals surface area (Å²) >= 11 is 0. The van der Waals surface area contributed by atoms with Gasteiger partial charge in [-0.2, -0.15) is 0 Å². The minimum atomic E-state index is -0.210. The monoisotopic (exact) mass is 422 g/mol. The maximum Gasteiger partial charge on any atom is 0.243 e. The summed E-state index contributed by atoms with van der Waals surface area (Å²) in [6.45, 7) is 10.8. The molecule has 1 unspecified atom stereocenters. The smallest absolute Gasteiger partial charge is 0.243 e. The largest absolute Gasteiger partial charge is 0.376 e. The summed E-state index contributed by atoms with van der Waals surface area (Å²) in [5, 5.41) is 6.12. The minimum Gasteiger partial charge on any atom is -0.376 e. The fraction of sp³-hybridized carbons (Fsp3) is 0.440. The third-order valence-corrected chi connectivity index (χ3v) is 6.12. The molecule has 0 spiro atoms. The maximum absolute atomic E-state index is 12.6. The number of likely N-dealkylation sites (N-methyl/N-ethyl adjacent to an activating group) is 1. The molecule has 1 heterocycles. The summed E-state index contributed by atoms with van der Waals surface area (Å²) in [7, 11) is 1.65. The maximum atomic E-state index is 12.6. The highest BCUT2D eigenvalue weighted by atomic mass is 16.2. The molecule has 0 aromatic heterocycles. The summed E-state index contributed by atoms with van der Waals surface area (Å²) in [5.41, 5.74) is 5.44. The van der Waals surface area contributed by atoms with E-state index in [2.05, 4.69) is 42.4 Å². The zero-order chi connectivity index (χ0) is 22.5. The van der Waals surface area contributed by atoms with Crippen LogP contribution in [0, 0.1) is 12.8 Å². The number of hydrogen-bond donors (Lipinski definition) is 2. The number of aryl methyl sites for hydroxylation is 1. The highest BCUT2D eigenvalue weighted by Crippen LogP contribution is 2.31. The van der Waals surface area contributed by atoms with Crippen LogP contribution in [0.3, 0.4) is 0 Å². The van der Waals surface area contributed by atoms with Crippen LogP contribution >= 0.6 is 0 Å². The van der Waals surface area contributed by atoms with E-state index in [1.54, 1.807) is 7.05 Å². The first-order valence-corrected chi connectivity index (χ1v) is 10.9. The zero-order valence-corrected chi connectivity index (χ0v) is 19.2. The number of amides is 2. The van der Waals surface area contributed by atoms with Crippen LogP contribution in [-0.4, -0.2) is 47.8 Å². The highest BCUT2D eigenvalue weighted by Gasteiger charge is 2.26. The second-order valence-electron chi connectivity index (χ2n) is 8.85. The third-order valence-electron chi connectivity index (χ3n) is 6.12. The Morgan fingerprint density at radius 3 is 2.45 bits per heavy atom. The first-order chi connectivity index (χ1) is 14.7. The van der Waals surface area contributed by atoms with Gasteiger partial charge in [0.25, 0.3) is 0 Å². The van der Waals surface area contributed by atoms with Crippen LogP contribution in [0.2, 0.25) is 0 Å². The molecular weight excluding hydrogens is 388 g/mol. The molecule has 0 radical (unpaired) electrons. The van der Waals surface area contributed by atoms with E-state index in [0.717, 1.165) is 30.0 Å². The van der Waals surface area contributed by atoms with E-state index in [-0.39, 0.29) is 24.9 Å². The molecule has 31 heavy (non-hydrogen) atoms. The summed E-state index contributed by atoms with van der Waals surface area (Å²) < 4.78 is 0. The predicted octanol–water partition coefficient (Wildman–Crippen LogP) is 3.86. The van der Waals surface area contributed by atoms with Crippen LogP contribution < -0.4 is 10.6 Å². The standard InChI is InChI=1S/C25H34N4O2/c1-17(2)19(4)29-14-20-7-6-8-23(22(20)15-29)26-13-25(31)28(5)16-24(30)27-21-11-9-18(3)10-12-21/h6-12,17,19,26H,13-16H2,1-5H3,(H,27,30). The molecule has 1 atom stereocenters. The molecule has 0 aliphatic carbocycles. The van der Waals surface area contributed by atoms with Crippen molar-refractivity contribution in [1.29, 1.82) is 0 Å². The minimum absolute atomic E-state index is 0.0148. The highest BCUT2D eigenvalue weighted by molar-refractivity contribution is 5.95. The fourth-order valence-corrected chi connectivity index (χ4v) is 3.77. The number of rotatable bonds is 8. The number of carbonyl (C=O) groups excluding carboxylic acids is 2. The molecule has 1 aliphatic rings. The predicted molar refractivity (Wildman–Crippen MR) is 126 cm³/mol. The van der Waals surface area contributed by atoms with Gasteiger partial charge in [0.2, 0.25) is 11.8 Å². The lowest BCUT2D eigenvalue weighted by Gasteiger charge is -2.27. The summed E-state index contributed by atoms with van der Waals surface area (Å²) in [5.74, 6) is 0.257. The molecule has 166 valence electrons. The van der Waals surface area contributed by atoms with Crippen molar-refractivity contribution in [2.75, 3.05) is 30.8 Å². The van der Waals surface area contributed by atoms with Crippen LogP contribution in [-0.2, 0) is 22.7 Å². The quantitative estimate of drug-likeness (QED) is 0.678. The van der Waals surface area contributed by atoms with E-state index in [4.69, 9.17) is 0 Å². The summed E-state index contributed by atoms with van der Waals surface area (Å²) in [6, 6.07) is 14.3. The zero-order valence-electron chi connectivity index (χ0n) is 19.2. The van der Waals surface area contributed by atoms with Gasteiger partial charge in [0.15, 0.2) is 0 Å². The Balaban J connectivity index is 1.52. The first kappa shape index (κ1) is 22.8. The molecule has 0 saturated heterocycles. The van der Waals surface area contributed by atoms with Gasteiger partial charge in [-0.3, -0.25) is 14.5 Å². The van der Waals surface area contributed by atoms with E-state index >= 15 is 0 Å². The Morgan fingerprint density at radius 2 is 1.77 bits per heavy atom. The van der Waals surface area contributed by atoms with Gasteiger partial charge >= 0.3 is 0 Å². The lowest BCUT2D eigenvalue weighted by atomic mass is 10.1. The van der Waals surface area contributed by atoms with Gasteiger partial charge in [-0.25, -0.2) is 0 Å². The lowest BCUT2D eigenvalue weighted by Crippen LogP contribution is -2.38. The van der Waals surface area contributed by atoms with Gasteiger partial charge < -0.3 is 15.5 Å². The van der Waals surface area contributed by atoms with E-state index < -0.39 is 0 Å². The third kappa shape index (κ3) is 5.85. The van der Waals surface area contributed by atoms with Crippen LogP contribution in [0.15, 0.2) is 42.5 Å². The topological polar surface area (TPSA) is 64.7 Å². The van der Waals surface area contributed by atoms with E-state index in [1.807, 2.05) is 43.3 Å². The number of nitrogens with one attached hydrogen (secondary N) is 2. The number of benzene rings is 2. The molecule has 1 aliphatic heterocycles. The van der Waals surface area contributed by atoms with Crippen molar-refractivity contribution >= 4 is 23.2 Å². The van der Waals surface area contributed by atoms with Gasteiger partial charge in [0.05, 0.1) is 13.1 Å². The Bertz CT molecular complexity index is 924. The average molecular weight is 423 g/mol. The second-order valence-corrected chi connectivity index (χ2v) is 8.85. The number of anilines is 2. The van der Waals surface area contributed by atoms with Gasteiger partial charge in [0.1, 0.15) is 0 Å². The van der Waals surface area contributed by atoms with Gasteiger partial charge in [0, 0.05) is 37.6 Å². The van der Waals surface area contributed by atoms with Crippen molar-refractivity contribution in [3.63, 3.8) is 0 Å². The van der Waals surface area contributed by atoms with E-state index in [1.165, 1.54) is 16.0 Å². The Hall–Kier alpha value is -2.86. The molecule has 2 amide bonds. The van der Waals surface area contributed by atoms with Crippen molar-refractivity contribution in [1.82, 2.24) is 9.80 Å². The van der Waals surface area contributed by atoms with Crippen molar-refractivity contribution in [2.45, 2.75) is 46.8 Å². The summed E-state index contributed by atoms with van der Waals surface area (Å²) in [6.07, 6.45) is 0.